The molecule has 0 radical (unpaired) electrons. The maximum Gasteiger partial charge on any atom is 1.00 e. The summed E-state index contributed by atoms with van der Waals surface area (Å²) < 4.78 is 57.7. The summed E-state index contributed by atoms with van der Waals surface area (Å²) in [6, 6.07) is 1.78. The van der Waals surface area contributed by atoms with Crippen LogP contribution in [0.4, 0.5) is 0 Å². The fourth-order valence-corrected chi connectivity index (χ4v) is 3.07. The third-order valence-corrected chi connectivity index (χ3v) is 4.79. The van der Waals surface area contributed by atoms with Crippen molar-refractivity contribution in [1.82, 2.24) is 0 Å². The summed E-state index contributed by atoms with van der Waals surface area (Å²) in [4.78, 5) is 0. The minimum Gasteiger partial charge on any atom is -1.00 e. The van der Waals surface area contributed by atoms with E-state index in [9.17, 15) is 16.8 Å². The van der Waals surface area contributed by atoms with Crippen LogP contribution < -0.4 is 59.1 Å². The molecule has 0 unspecified atom stereocenters. The van der Waals surface area contributed by atoms with Crippen molar-refractivity contribution in [2.24, 2.45) is 0 Å². The van der Waals surface area contributed by atoms with Gasteiger partial charge < -0.3 is 2.85 Å². The van der Waals surface area contributed by atoms with E-state index in [1.54, 1.807) is 0 Å². The number of rotatable bonds is 2. The molecule has 0 aliphatic rings. The van der Waals surface area contributed by atoms with Crippen LogP contribution in [-0.4, -0.2) is 25.9 Å². The first-order chi connectivity index (χ1) is 5.71. The summed E-state index contributed by atoms with van der Waals surface area (Å²) in [7, 11) is -8.80. The van der Waals surface area contributed by atoms with Crippen LogP contribution in [0.25, 0.3) is 0 Å². The van der Waals surface area contributed by atoms with E-state index in [0.29, 0.717) is 0 Å². The SMILES string of the molecule is O=S(=O)(O)c1ccc(S(=O)(=O)O)s1.[H-].[H-].[Na+].[Na+]. The quantitative estimate of drug-likeness (QED) is 0.416. The second kappa shape index (κ2) is 6.45. The maximum atomic E-state index is 10.5. The van der Waals surface area contributed by atoms with Gasteiger partial charge in [-0.2, -0.15) is 16.8 Å². The van der Waals surface area contributed by atoms with Crippen molar-refractivity contribution < 1.29 is 87.9 Å². The van der Waals surface area contributed by atoms with Crippen LogP contribution in [0.15, 0.2) is 20.6 Å². The third kappa shape index (κ3) is 5.59. The Balaban J connectivity index is -0.000000211. The summed E-state index contributed by atoms with van der Waals surface area (Å²) >= 11 is 0.271. The van der Waals surface area contributed by atoms with Crippen molar-refractivity contribution in [2.45, 2.75) is 8.42 Å². The molecule has 0 saturated carbocycles. The monoisotopic (exact) mass is 292 g/mol. The van der Waals surface area contributed by atoms with Gasteiger partial charge in [-0.1, -0.05) is 0 Å². The second-order valence-corrected chi connectivity index (χ2v) is 6.40. The van der Waals surface area contributed by atoms with Crippen LogP contribution in [0.2, 0.25) is 0 Å². The van der Waals surface area contributed by atoms with Gasteiger partial charge in [0.15, 0.2) is 0 Å². The largest absolute Gasteiger partial charge is 1.00 e. The smallest absolute Gasteiger partial charge is 1.00 e. The Morgan fingerprint density at radius 3 is 1.33 bits per heavy atom. The molecule has 2 N–H and O–H groups in total. The van der Waals surface area contributed by atoms with Crippen LogP contribution in [0.1, 0.15) is 2.85 Å². The molecule has 0 aliphatic carbocycles. The molecule has 1 aromatic rings. The van der Waals surface area contributed by atoms with E-state index in [1.807, 2.05) is 0 Å². The molecule has 1 rings (SSSR count). The van der Waals surface area contributed by atoms with Gasteiger partial charge in [0.2, 0.25) is 0 Å². The van der Waals surface area contributed by atoms with Crippen molar-refractivity contribution in [1.29, 1.82) is 0 Å². The molecule has 0 fully saturated rings. The van der Waals surface area contributed by atoms with Gasteiger partial charge in [0, 0.05) is 0 Å². The molecule has 0 bridgehead atoms. The first-order valence-electron chi connectivity index (χ1n) is 2.76. The average Bonchev–Trinajstić information content (AvgIpc) is 2.28. The predicted molar refractivity (Wildman–Crippen MR) is 46.2 cm³/mol. The molecule has 78 valence electrons. The average molecular weight is 292 g/mol. The van der Waals surface area contributed by atoms with E-state index in [0.717, 1.165) is 12.1 Å². The fourth-order valence-electron chi connectivity index (χ4n) is 0.581. The minimum absolute atomic E-state index is 0. The normalized spacial score (nSPS) is 11.3. The molecule has 15 heavy (non-hydrogen) atoms. The van der Waals surface area contributed by atoms with Gasteiger partial charge >= 0.3 is 79.4 Å². The molecule has 0 amide bonds. The van der Waals surface area contributed by atoms with Gasteiger partial charge in [-0.15, -0.1) is 11.3 Å². The number of hydrogen-bond donors (Lipinski definition) is 2. The maximum absolute atomic E-state index is 10.5. The summed E-state index contributed by atoms with van der Waals surface area (Å²) in [5.41, 5.74) is 0. The second-order valence-electron chi connectivity index (χ2n) is 2.02. The zero-order chi connectivity index (χ0) is 10.3. The molecular weight excluding hydrogens is 286 g/mol. The zero-order valence-corrected chi connectivity index (χ0v) is 14.4. The summed E-state index contributed by atoms with van der Waals surface area (Å²) in [6.45, 7) is 0. The fraction of sp³-hybridized carbons (Fsp3) is 0. The Morgan fingerprint density at radius 1 is 0.933 bits per heavy atom. The molecule has 0 aromatic carbocycles. The Hall–Kier alpha value is 1.52. The first-order valence-corrected chi connectivity index (χ1v) is 6.46. The van der Waals surface area contributed by atoms with E-state index in [-0.39, 0.29) is 73.3 Å². The van der Waals surface area contributed by atoms with Gasteiger partial charge in [-0.25, -0.2) is 0 Å². The van der Waals surface area contributed by atoms with E-state index in [4.69, 9.17) is 9.11 Å². The number of thiophene rings is 1. The summed E-state index contributed by atoms with van der Waals surface area (Å²) in [5, 5.41) is 0. The van der Waals surface area contributed by atoms with Crippen LogP contribution in [0.3, 0.4) is 0 Å². The van der Waals surface area contributed by atoms with Crippen molar-refractivity contribution >= 4 is 31.6 Å². The Bertz CT molecular complexity index is 477. The van der Waals surface area contributed by atoms with Crippen LogP contribution in [0, 0.1) is 0 Å². The Kier molecular flexibility index (Phi) is 8.12. The van der Waals surface area contributed by atoms with Gasteiger partial charge in [-0.3, -0.25) is 9.11 Å². The topological polar surface area (TPSA) is 109 Å². The van der Waals surface area contributed by atoms with Crippen molar-refractivity contribution in [3.8, 4) is 0 Å². The van der Waals surface area contributed by atoms with Crippen LogP contribution in [-0.2, 0) is 20.2 Å². The van der Waals surface area contributed by atoms with Gasteiger partial charge in [0.1, 0.15) is 8.42 Å². The van der Waals surface area contributed by atoms with Gasteiger partial charge in [-0.05, 0) is 12.1 Å². The molecule has 0 atom stereocenters. The number of hydrogen-bond acceptors (Lipinski definition) is 5. The molecule has 0 aliphatic heterocycles. The predicted octanol–water partition coefficient (Wildman–Crippen LogP) is -5.53. The van der Waals surface area contributed by atoms with Crippen molar-refractivity contribution in [3.05, 3.63) is 12.1 Å². The third-order valence-electron chi connectivity index (χ3n) is 1.07. The van der Waals surface area contributed by atoms with Gasteiger partial charge in [0.05, 0.1) is 0 Å². The standard InChI is InChI=1S/C4H4O6S3.2Na.2H/c5-12(6,7)3-1-2-4(11-3)13(8,9)10;;;;/h1-2H,(H,5,6,7)(H,8,9,10);;;;/q;2*+1;2*-1. The van der Waals surface area contributed by atoms with E-state index in [2.05, 4.69) is 0 Å². The zero-order valence-electron chi connectivity index (χ0n) is 9.91. The molecule has 1 heterocycles. The Morgan fingerprint density at radius 2 is 1.20 bits per heavy atom. The van der Waals surface area contributed by atoms with Crippen molar-refractivity contribution in [3.63, 3.8) is 0 Å². The molecular formula is C4H6Na2O6S3. The summed E-state index contributed by atoms with van der Waals surface area (Å²) in [5.74, 6) is 0. The molecule has 6 nitrogen and oxygen atoms in total. The van der Waals surface area contributed by atoms with E-state index < -0.39 is 28.7 Å². The molecule has 0 saturated heterocycles. The molecule has 11 heteroatoms. The molecule has 0 spiro atoms. The summed E-state index contributed by atoms with van der Waals surface area (Å²) in [6.07, 6.45) is 0. The minimum atomic E-state index is -4.40. The van der Waals surface area contributed by atoms with E-state index >= 15 is 0 Å². The van der Waals surface area contributed by atoms with Gasteiger partial charge in [0.25, 0.3) is 0 Å². The van der Waals surface area contributed by atoms with Crippen LogP contribution >= 0.6 is 11.3 Å². The van der Waals surface area contributed by atoms with Crippen LogP contribution in [0.5, 0.6) is 0 Å². The van der Waals surface area contributed by atoms with E-state index in [1.165, 1.54) is 0 Å². The Labute approximate surface area is 138 Å². The van der Waals surface area contributed by atoms with Crippen molar-refractivity contribution in [2.75, 3.05) is 0 Å². The molecule has 1 aromatic heterocycles. The first kappa shape index (κ1) is 18.9.